The number of rotatable bonds is 5. The van der Waals surface area contributed by atoms with Gasteiger partial charge in [0.15, 0.2) is 0 Å². The average molecular weight is 411 g/mol. The van der Waals surface area contributed by atoms with E-state index in [0.29, 0.717) is 23.6 Å². The van der Waals surface area contributed by atoms with E-state index in [2.05, 4.69) is 20.6 Å². The molecule has 1 heterocycles. The van der Waals surface area contributed by atoms with Crippen LogP contribution in [0.2, 0.25) is 5.02 Å². The monoisotopic (exact) mass is 410 g/mol. The molecule has 6 nitrogen and oxygen atoms in total. The highest BCUT2D eigenvalue weighted by molar-refractivity contribution is 6.31. The molecule has 4 rings (SSSR count). The van der Waals surface area contributed by atoms with Crippen molar-refractivity contribution in [1.82, 2.24) is 9.97 Å². The lowest BCUT2D eigenvalue weighted by molar-refractivity contribution is 0.455. The second kappa shape index (κ2) is 7.81. The summed E-state index contributed by atoms with van der Waals surface area (Å²) in [6.07, 6.45) is 1.44. The predicted molar refractivity (Wildman–Crippen MR) is 111 cm³/mol. The van der Waals surface area contributed by atoms with Gasteiger partial charge in [-0.05, 0) is 54.6 Å². The van der Waals surface area contributed by atoms with Gasteiger partial charge in [0.1, 0.15) is 29.5 Å². The second-order valence-electron chi connectivity index (χ2n) is 6.37. The third-order valence-corrected chi connectivity index (χ3v) is 4.65. The number of nitrogens with one attached hydrogen (secondary N) is 2. The van der Waals surface area contributed by atoms with Crippen LogP contribution in [0.3, 0.4) is 0 Å². The lowest BCUT2D eigenvalue weighted by Gasteiger charge is -2.12. The number of anilines is 3. The summed E-state index contributed by atoms with van der Waals surface area (Å²) in [6.45, 7) is 0.315. The van der Waals surface area contributed by atoms with Crippen molar-refractivity contribution in [2.75, 3.05) is 10.6 Å². The van der Waals surface area contributed by atoms with Crippen LogP contribution in [-0.4, -0.2) is 20.2 Å². The van der Waals surface area contributed by atoms with Crippen molar-refractivity contribution in [3.8, 4) is 11.5 Å². The number of fused-ring (bicyclic) bond motifs is 1. The molecule has 0 saturated carbocycles. The van der Waals surface area contributed by atoms with Crippen LogP contribution in [0, 0.1) is 5.82 Å². The van der Waals surface area contributed by atoms with Crippen LogP contribution in [0.25, 0.3) is 10.9 Å². The molecular weight excluding hydrogens is 395 g/mol. The van der Waals surface area contributed by atoms with Crippen molar-refractivity contribution in [2.24, 2.45) is 0 Å². The summed E-state index contributed by atoms with van der Waals surface area (Å²) in [5, 5.41) is 26.6. The summed E-state index contributed by atoms with van der Waals surface area (Å²) < 4.78 is 13.4. The Hall–Kier alpha value is -3.58. The molecule has 4 N–H and O–H groups in total. The van der Waals surface area contributed by atoms with E-state index in [-0.39, 0.29) is 16.5 Å². The van der Waals surface area contributed by atoms with Crippen molar-refractivity contribution in [2.45, 2.75) is 6.54 Å². The zero-order valence-electron chi connectivity index (χ0n) is 15.0. The maximum absolute atomic E-state index is 13.4. The first kappa shape index (κ1) is 18.8. The first-order valence-corrected chi connectivity index (χ1v) is 9.09. The van der Waals surface area contributed by atoms with Crippen LogP contribution >= 0.6 is 11.6 Å². The third kappa shape index (κ3) is 4.14. The van der Waals surface area contributed by atoms with Gasteiger partial charge in [0.25, 0.3) is 0 Å². The number of halogens is 2. The van der Waals surface area contributed by atoms with E-state index >= 15 is 0 Å². The fourth-order valence-electron chi connectivity index (χ4n) is 2.89. The quantitative estimate of drug-likeness (QED) is 0.338. The Bertz CT molecular complexity index is 1200. The average Bonchev–Trinajstić information content (AvgIpc) is 2.72. The molecule has 1 aromatic heterocycles. The number of benzene rings is 3. The highest BCUT2D eigenvalue weighted by atomic mass is 35.5. The Kier molecular flexibility index (Phi) is 5.05. The van der Waals surface area contributed by atoms with Gasteiger partial charge in [-0.2, -0.15) is 0 Å². The largest absolute Gasteiger partial charge is 0.508 e. The fraction of sp³-hybridized carbons (Fsp3) is 0.0476. The molecule has 0 saturated heterocycles. The van der Waals surface area contributed by atoms with Crippen molar-refractivity contribution in [3.05, 3.63) is 77.3 Å². The van der Waals surface area contributed by atoms with E-state index in [4.69, 9.17) is 11.6 Å². The molecule has 3 aromatic carbocycles. The smallest absolute Gasteiger partial charge is 0.141 e. The summed E-state index contributed by atoms with van der Waals surface area (Å²) in [6, 6.07) is 14.3. The van der Waals surface area contributed by atoms with E-state index < -0.39 is 5.82 Å². The molecule has 0 atom stereocenters. The number of aromatic nitrogens is 2. The Morgan fingerprint density at radius 3 is 2.59 bits per heavy atom. The van der Waals surface area contributed by atoms with Gasteiger partial charge in [-0.3, -0.25) is 0 Å². The number of phenols is 2. The van der Waals surface area contributed by atoms with Gasteiger partial charge in [0.05, 0.1) is 10.5 Å². The minimum atomic E-state index is -0.494. The molecule has 4 aromatic rings. The number of phenolic OH excluding ortho intramolecular Hbond substituents is 2. The second-order valence-corrected chi connectivity index (χ2v) is 6.78. The van der Waals surface area contributed by atoms with E-state index in [9.17, 15) is 14.6 Å². The molecule has 0 spiro atoms. The van der Waals surface area contributed by atoms with Gasteiger partial charge < -0.3 is 20.8 Å². The fourth-order valence-corrected chi connectivity index (χ4v) is 3.07. The van der Waals surface area contributed by atoms with Crippen LogP contribution in [0.4, 0.5) is 21.6 Å². The molecule has 0 unspecified atom stereocenters. The molecule has 0 aliphatic rings. The highest BCUT2D eigenvalue weighted by Gasteiger charge is 2.08. The maximum Gasteiger partial charge on any atom is 0.141 e. The minimum absolute atomic E-state index is 0.0154. The van der Waals surface area contributed by atoms with E-state index in [0.717, 1.165) is 16.6 Å². The molecule has 0 bridgehead atoms. The molecule has 0 radical (unpaired) electrons. The number of aromatic hydroxyl groups is 2. The lowest BCUT2D eigenvalue weighted by atomic mass is 10.1. The van der Waals surface area contributed by atoms with Gasteiger partial charge in [-0.15, -0.1) is 0 Å². The standard InChI is InChI=1S/C21H16ClFN4O2/c22-17-9-14(1-4-18(17)23)27-21-16-8-13(2-5-19(16)25-11-26-21)24-10-12-7-15(28)3-6-20(12)29/h1-9,11,24,28-29H,10H2,(H,25,26,27). The zero-order valence-corrected chi connectivity index (χ0v) is 15.8. The van der Waals surface area contributed by atoms with Gasteiger partial charge >= 0.3 is 0 Å². The minimum Gasteiger partial charge on any atom is -0.508 e. The van der Waals surface area contributed by atoms with Gasteiger partial charge in [0, 0.05) is 28.9 Å². The van der Waals surface area contributed by atoms with Crippen molar-refractivity contribution in [1.29, 1.82) is 0 Å². The number of hydrogen-bond donors (Lipinski definition) is 4. The Balaban J connectivity index is 1.61. The van der Waals surface area contributed by atoms with E-state index in [1.807, 2.05) is 18.2 Å². The molecular formula is C21H16ClFN4O2. The first-order valence-electron chi connectivity index (χ1n) is 8.71. The summed E-state index contributed by atoms with van der Waals surface area (Å²) in [5.41, 5.74) is 2.66. The summed E-state index contributed by atoms with van der Waals surface area (Å²) >= 11 is 5.85. The van der Waals surface area contributed by atoms with E-state index in [1.165, 1.54) is 36.7 Å². The zero-order chi connectivity index (χ0) is 20.4. The van der Waals surface area contributed by atoms with Crippen LogP contribution in [-0.2, 0) is 6.54 Å². The summed E-state index contributed by atoms with van der Waals surface area (Å²) in [7, 11) is 0. The SMILES string of the molecule is Oc1ccc(O)c(CNc2ccc3ncnc(Nc4ccc(F)c(Cl)c4)c3c2)c1. The van der Waals surface area contributed by atoms with E-state index in [1.54, 1.807) is 6.07 Å². The summed E-state index contributed by atoms with van der Waals surface area (Å²) in [4.78, 5) is 8.54. The molecule has 0 amide bonds. The summed E-state index contributed by atoms with van der Waals surface area (Å²) in [5.74, 6) is 0.221. The molecule has 29 heavy (non-hydrogen) atoms. The van der Waals surface area contributed by atoms with Crippen molar-refractivity contribution >= 4 is 39.7 Å². The Morgan fingerprint density at radius 1 is 0.931 bits per heavy atom. The predicted octanol–water partition coefficient (Wildman–Crippen LogP) is 5.19. The van der Waals surface area contributed by atoms with Crippen LogP contribution < -0.4 is 10.6 Å². The molecule has 0 aliphatic carbocycles. The number of hydrogen-bond acceptors (Lipinski definition) is 6. The highest BCUT2D eigenvalue weighted by Crippen LogP contribution is 2.28. The van der Waals surface area contributed by atoms with Crippen LogP contribution in [0.15, 0.2) is 60.9 Å². The molecule has 8 heteroatoms. The topological polar surface area (TPSA) is 90.3 Å². The molecule has 0 aliphatic heterocycles. The third-order valence-electron chi connectivity index (χ3n) is 4.36. The number of nitrogens with zero attached hydrogens (tertiary/aromatic N) is 2. The van der Waals surface area contributed by atoms with Gasteiger partial charge in [0.2, 0.25) is 0 Å². The molecule has 0 fully saturated rings. The lowest BCUT2D eigenvalue weighted by Crippen LogP contribution is -2.01. The Labute approximate surface area is 170 Å². The van der Waals surface area contributed by atoms with Crippen LogP contribution in [0.1, 0.15) is 5.56 Å². The van der Waals surface area contributed by atoms with Crippen molar-refractivity contribution < 1.29 is 14.6 Å². The molecule has 146 valence electrons. The first-order chi connectivity index (χ1) is 14.0. The maximum atomic E-state index is 13.4. The van der Waals surface area contributed by atoms with Crippen LogP contribution in [0.5, 0.6) is 11.5 Å². The Morgan fingerprint density at radius 2 is 1.76 bits per heavy atom. The van der Waals surface area contributed by atoms with Gasteiger partial charge in [-0.25, -0.2) is 14.4 Å². The van der Waals surface area contributed by atoms with Crippen molar-refractivity contribution in [3.63, 3.8) is 0 Å². The van der Waals surface area contributed by atoms with Gasteiger partial charge in [-0.1, -0.05) is 11.6 Å². The normalized spacial score (nSPS) is 10.8.